The molecule has 2 nitrogen and oxygen atoms in total. The molecule has 0 rings (SSSR count). The van der Waals surface area contributed by atoms with E-state index >= 15 is 0 Å². The Bertz CT molecular complexity index is 179. The van der Waals surface area contributed by atoms with Gasteiger partial charge >= 0.3 is 0 Å². The van der Waals surface area contributed by atoms with Crippen LogP contribution in [0.5, 0.6) is 0 Å². The predicted octanol–water partition coefficient (Wildman–Crippen LogP) is 2.73. The van der Waals surface area contributed by atoms with Gasteiger partial charge in [0.25, 0.3) is 0 Å². The average molecular weight is 184 g/mol. The number of allylic oxidation sites excluding steroid dienone is 2. The van der Waals surface area contributed by atoms with Crippen molar-refractivity contribution in [3.63, 3.8) is 0 Å². The van der Waals surface area contributed by atoms with E-state index in [0.717, 1.165) is 31.1 Å². The number of hydrogen-bond acceptors (Lipinski definition) is 2. The molecule has 0 aliphatic heterocycles. The van der Waals surface area contributed by atoms with E-state index in [-0.39, 0.29) is 5.60 Å². The van der Waals surface area contributed by atoms with Crippen LogP contribution in [0.25, 0.3) is 0 Å². The molecule has 0 aromatic heterocycles. The number of rotatable bonds is 6. The SMILES string of the molecule is CCC(C)(CCC=C(C)C=O)OC. The molecular weight excluding hydrogens is 164 g/mol. The topological polar surface area (TPSA) is 26.3 Å². The third kappa shape index (κ3) is 4.83. The minimum Gasteiger partial charge on any atom is -0.379 e. The number of carbonyl (C=O) groups is 1. The van der Waals surface area contributed by atoms with Gasteiger partial charge in [-0.05, 0) is 38.7 Å². The molecule has 0 amide bonds. The lowest BCUT2D eigenvalue weighted by molar-refractivity contribution is -0.104. The lowest BCUT2D eigenvalue weighted by Crippen LogP contribution is -2.25. The molecule has 0 aromatic rings. The Kier molecular flexibility index (Phi) is 5.63. The first-order chi connectivity index (χ1) is 6.08. The third-order valence-corrected chi connectivity index (χ3v) is 2.57. The second-order valence-corrected chi connectivity index (χ2v) is 3.61. The van der Waals surface area contributed by atoms with Gasteiger partial charge in [0.1, 0.15) is 6.29 Å². The van der Waals surface area contributed by atoms with Crippen molar-refractivity contribution in [2.45, 2.75) is 45.6 Å². The molecule has 0 saturated heterocycles. The van der Waals surface area contributed by atoms with Crippen LogP contribution in [0, 0.1) is 0 Å². The van der Waals surface area contributed by atoms with E-state index in [9.17, 15) is 4.79 Å². The maximum atomic E-state index is 10.3. The molecule has 76 valence electrons. The first kappa shape index (κ1) is 12.4. The normalized spacial score (nSPS) is 16.8. The smallest absolute Gasteiger partial charge is 0.145 e. The summed E-state index contributed by atoms with van der Waals surface area (Å²) in [6, 6.07) is 0. The molecule has 0 radical (unpaired) electrons. The summed E-state index contributed by atoms with van der Waals surface area (Å²) in [4.78, 5) is 10.3. The van der Waals surface area contributed by atoms with Gasteiger partial charge in [0.15, 0.2) is 0 Å². The zero-order valence-corrected chi connectivity index (χ0v) is 9.09. The van der Waals surface area contributed by atoms with E-state index in [1.165, 1.54) is 0 Å². The van der Waals surface area contributed by atoms with Crippen LogP contribution < -0.4 is 0 Å². The van der Waals surface area contributed by atoms with E-state index in [2.05, 4.69) is 13.8 Å². The summed E-state index contributed by atoms with van der Waals surface area (Å²) < 4.78 is 5.38. The van der Waals surface area contributed by atoms with Crippen LogP contribution in [0.15, 0.2) is 11.6 Å². The largest absolute Gasteiger partial charge is 0.379 e. The van der Waals surface area contributed by atoms with Gasteiger partial charge in [-0.15, -0.1) is 0 Å². The van der Waals surface area contributed by atoms with Crippen LogP contribution in [-0.2, 0) is 9.53 Å². The molecule has 0 saturated carbocycles. The van der Waals surface area contributed by atoms with Gasteiger partial charge in [0, 0.05) is 7.11 Å². The molecule has 0 bridgehead atoms. The molecule has 0 heterocycles. The summed E-state index contributed by atoms with van der Waals surface area (Å²) in [6.07, 6.45) is 5.71. The van der Waals surface area contributed by atoms with Crippen LogP contribution >= 0.6 is 0 Å². The van der Waals surface area contributed by atoms with E-state index in [1.54, 1.807) is 7.11 Å². The van der Waals surface area contributed by atoms with E-state index in [0.29, 0.717) is 0 Å². The fourth-order valence-corrected chi connectivity index (χ4v) is 1.08. The van der Waals surface area contributed by atoms with Crippen LogP contribution in [0.2, 0.25) is 0 Å². The molecule has 13 heavy (non-hydrogen) atoms. The lowest BCUT2D eigenvalue weighted by Gasteiger charge is -2.25. The van der Waals surface area contributed by atoms with Crippen LogP contribution in [0.1, 0.15) is 40.0 Å². The standard InChI is InChI=1S/C11H20O2/c1-5-11(3,13-4)8-6-7-10(2)9-12/h7,9H,5-6,8H2,1-4H3. The Labute approximate surface area is 81.0 Å². The average Bonchev–Trinajstić information content (AvgIpc) is 2.17. The summed E-state index contributed by atoms with van der Waals surface area (Å²) in [5.74, 6) is 0. The fourth-order valence-electron chi connectivity index (χ4n) is 1.08. The van der Waals surface area contributed by atoms with Crippen molar-refractivity contribution in [3.8, 4) is 0 Å². The highest BCUT2D eigenvalue weighted by atomic mass is 16.5. The third-order valence-electron chi connectivity index (χ3n) is 2.57. The fraction of sp³-hybridized carbons (Fsp3) is 0.727. The number of methoxy groups -OCH3 is 1. The van der Waals surface area contributed by atoms with Crippen molar-refractivity contribution in [1.29, 1.82) is 0 Å². The van der Waals surface area contributed by atoms with Crippen LogP contribution in [0.3, 0.4) is 0 Å². The van der Waals surface area contributed by atoms with Crippen LogP contribution in [-0.4, -0.2) is 19.0 Å². The predicted molar refractivity (Wildman–Crippen MR) is 54.8 cm³/mol. The van der Waals surface area contributed by atoms with Gasteiger partial charge in [0.2, 0.25) is 0 Å². The zero-order valence-electron chi connectivity index (χ0n) is 9.09. The summed E-state index contributed by atoms with van der Waals surface area (Å²) in [5.41, 5.74) is 0.759. The molecule has 1 unspecified atom stereocenters. The Morgan fingerprint density at radius 1 is 1.54 bits per heavy atom. The molecule has 0 aromatic carbocycles. The maximum absolute atomic E-state index is 10.3. The first-order valence-electron chi connectivity index (χ1n) is 4.75. The zero-order chi connectivity index (χ0) is 10.3. The highest BCUT2D eigenvalue weighted by Gasteiger charge is 2.19. The second kappa shape index (κ2) is 5.92. The van der Waals surface area contributed by atoms with E-state index < -0.39 is 0 Å². The van der Waals surface area contributed by atoms with Crippen LogP contribution in [0.4, 0.5) is 0 Å². The van der Waals surface area contributed by atoms with Gasteiger partial charge in [0.05, 0.1) is 5.60 Å². The molecule has 1 atom stereocenters. The van der Waals surface area contributed by atoms with Gasteiger partial charge < -0.3 is 4.74 Å². The molecule has 0 N–H and O–H groups in total. The van der Waals surface area contributed by atoms with Gasteiger partial charge in [-0.1, -0.05) is 13.0 Å². The highest BCUT2D eigenvalue weighted by Crippen LogP contribution is 2.20. The Morgan fingerprint density at radius 3 is 2.54 bits per heavy atom. The van der Waals surface area contributed by atoms with Crippen molar-refractivity contribution in [2.75, 3.05) is 7.11 Å². The number of hydrogen-bond donors (Lipinski definition) is 0. The quantitative estimate of drug-likeness (QED) is 0.468. The number of aldehydes is 1. The minimum atomic E-state index is -0.0420. The number of carbonyl (C=O) groups excluding carboxylic acids is 1. The highest BCUT2D eigenvalue weighted by molar-refractivity contribution is 5.71. The van der Waals surface area contributed by atoms with Gasteiger partial charge in [-0.3, -0.25) is 4.79 Å². The molecule has 0 aliphatic carbocycles. The molecule has 0 fully saturated rings. The molecule has 2 heteroatoms. The van der Waals surface area contributed by atoms with E-state index in [4.69, 9.17) is 4.74 Å². The van der Waals surface area contributed by atoms with Crippen molar-refractivity contribution >= 4 is 6.29 Å². The summed E-state index contributed by atoms with van der Waals surface area (Å²) in [6.45, 7) is 6.03. The minimum absolute atomic E-state index is 0.0420. The lowest BCUT2D eigenvalue weighted by atomic mass is 9.96. The Hall–Kier alpha value is -0.630. The van der Waals surface area contributed by atoms with Gasteiger partial charge in [-0.2, -0.15) is 0 Å². The number of ether oxygens (including phenoxy) is 1. The van der Waals surface area contributed by atoms with Crippen molar-refractivity contribution in [1.82, 2.24) is 0 Å². The molecule has 0 aliphatic rings. The summed E-state index contributed by atoms with van der Waals surface area (Å²) >= 11 is 0. The Morgan fingerprint density at radius 2 is 2.15 bits per heavy atom. The maximum Gasteiger partial charge on any atom is 0.145 e. The summed E-state index contributed by atoms with van der Waals surface area (Å²) in [5, 5.41) is 0. The Balaban J connectivity index is 3.93. The van der Waals surface area contributed by atoms with Crippen molar-refractivity contribution in [2.24, 2.45) is 0 Å². The van der Waals surface area contributed by atoms with Crippen molar-refractivity contribution in [3.05, 3.63) is 11.6 Å². The second-order valence-electron chi connectivity index (χ2n) is 3.61. The first-order valence-corrected chi connectivity index (χ1v) is 4.75. The molecule has 0 spiro atoms. The monoisotopic (exact) mass is 184 g/mol. The van der Waals surface area contributed by atoms with Crippen molar-refractivity contribution < 1.29 is 9.53 Å². The van der Waals surface area contributed by atoms with E-state index in [1.807, 2.05) is 13.0 Å². The van der Waals surface area contributed by atoms with Gasteiger partial charge in [-0.25, -0.2) is 0 Å². The molecular formula is C11H20O2. The summed E-state index contributed by atoms with van der Waals surface area (Å²) in [7, 11) is 1.74.